The van der Waals surface area contributed by atoms with E-state index >= 15 is 0 Å². The maximum absolute atomic E-state index is 14.1. The van der Waals surface area contributed by atoms with E-state index in [1.165, 1.54) is 42.3 Å². The Labute approximate surface area is 267 Å². The van der Waals surface area contributed by atoms with E-state index in [9.17, 15) is 18.0 Å². The van der Waals surface area contributed by atoms with Crippen LogP contribution < -0.4 is 14.4 Å². The first kappa shape index (κ1) is 32.9. The third-order valence-electron chi connectivity index (χ3n) is 7.52. The molecule has 1 fully saturated rings. The monoisotopic (exact) mass is 665 g/mol. The first-order chi connectivity index (χ1) is 20.4. The van der Waals surface area contributed by atoms with Gasteiger partial charge in [-0.1, -0.05) is 71.4 Å². The van der Waals surface area contributed by atoms with Crippen LogP contribution in [0.4, 0.5) is 5.69 Å². The van der Waals surface area contributed by atoms with E-state index in [1.54, 1.807) is 37.3 Å². The van der Waals surface area contributed by atoms with Gasteiger partial charge in [-0.05, 0) is 74.7 Å². The highest BCUT2D eigenvalue weighted by Gasteiger charge is 2.33. The molecular formula is C31H34Cl3N3O5S. The number of amides is 2. The Morgan fingerprint density at radius 3 is 2.23 bits per heavy atom. The molecule has 43 heavy (non-hydrogen) atoms. The molecule has 1 aliphatic rings. The lowest BCUT2D eigenvalue weighted by Gasteiger charge is -2.32. The number of aryl methyl sites for hydroxylation is 1. The van der Waals surface area contributed by atoms with Gasteiger partial charge in [0.2, 0.25) is 11.8 Å². The second-order valence-electron chi connectivity index (χ2n) is 10.6. The number of rotatable bonds is 11. The standard InChI is InChI=1S/C31H34Cl3N3O5S/c1-20-8-12-25(13-9-20)43(40,41)37(24-11-15-29(42-3)28(34)17-24)19-30(38)36(18-22-10-14-26(32)27(33)16-22)21(2)31(39)35-23-6-4-5-7-23/h8-17,21,23H,4-7,18-19H2,1-3H3,(H,35,39). The van der Waals surface area contributed by atoms with Crippen molar-refractivity contribution in [3.05, 3.63) is 86.9 Å². The number of anilines is 1. The smallest absolute Gasteiger partial charge is 0.264 e. The summed E-state index contributed by atoms with van der Waals surface area (Å²) in [6, 6.07) is 14.9. The van der Waals surface area contributed by atoms with Crippen molar-refractivity contribution in [2.45, 2.75) is 63.1 Å². The summed E-state index contributed by atoms with van der Waals surface area (Å²) in [6.45, 7) is 2.88. The van der Waals surface area contributed by atoms with Gasteiger partial charge in [0.15, 0.2) is 0 Å². The number of methoxy groups -OCH3 is 1. The number of nitrogens with one attached hydrogen (secondary N) is 1. The Balaban J connectivity index is 1.72. The van der Waals surface area contributed by atoms with E-state index in [0.29, 0.717) is 21.4 Å². The van der Waals surface area contributed by atoms with Gasteiger partial charge < -0.3 is 15.0 Å². The van der Waals surface area contributed by atoms with Crippen LogP contribution in [0, 0.1) is 6.92 Å². The van der Waals surface area contributed by atoms with E-state index in [-0.39, 0.29) is 34.1 Å². The lowest BCUT2D eigenvalue weighted by Crippen LogP contribution is -2.52. The van der Waals surface area contributed by atoms with Crippen molar-refractivity contribution in [2.24, 2.45) is 0 Å². The molecule has 3 aromatic rings. The minimum atomic E-state index is -4.24. The van der Waals surface area contributed by atoms with Crippen LogP contribution in [0.25, 0.3) is 0 Å². The Morgan fingerprint density at radius 1 is 0.953 bits per heavy atom. The van der Waals surface area contributed by atoms with Crippen LogP contribution in [-0.2, 0) is 26.2 Å². The van der Waals surface area contributed by atoms with Crippen molar-refractivity contribution >= 4 is 62.3 Å². The topological polar surface area (TPSA) is 96.0 Å². The molecule has 1 N–H and O–H groups in total. The van der Waals surface area contributed by atoms with Crippen molar-refractivity contribution in [1.82, 2.24) is 10.2 Å². The molecule has 12 heteroatoms. The molecule has 0 heterocycles. The van der Waals surface area contributed by atoms with Crippen molar-refractivity contribution in [3.63, 3.8) is 0 Å². The summed E-state index contributed by atoms with van der Waals surface area (Å²) in [7, 11) is -2.79. The van der Waals surface area contributed by atoms with Crippen molar-refractivity contribution < 1.29 is 22.7 Å². The summed E-state index contributed by atoms with van der Waals surface area (Å²) in [6.07, 6.45) is 3.81. The zero-order valence-electron chi connectivity index (χ0n) is 24.1. The molecule has 0 aromatic heterocycles. The van der Waals surface area contributed by atoms with Crippen molar-refractivity contribution in [3.8, 4) is 5.75 Å². The van der Waals surface area contributed by atoms with E-state index in [0.717, 1.165) is 35.6 Å². The quantitative estimate of drug-likeness (QED) is 0.248. The van der Waals surface area contributed by atoms with Crippen LogP contribution >= 0.6 is 34.8 Å². The maximum Gasteiger partial charge on any atom is 0.264 e. The predicted octanol–water partition coefficient (Wildman–Crippen LogP) is 6.64. The van der Waals surface area contributed by atoms with Gasteiger partial charge >= 0.3 is 0 Å². The summed E-state index contributed by atoms with van der Waals surface area (Å²) < 4.78 is 34.3. The average Bonchev–Trinajstić information content (AvgIpc) is 3.49. The average molecular weight is 667 g/mol. The number of hydrogen-bond donors (Lipinski definition) is 1. The van der Waals surface area contributed by atoms with E-state index in [1.807, 2.05) is 6.92 Å². The molecule has 1 saturated carbocycles. The Hall–Kier alpha value is -2.98. The Morgan fingerprint density at radius 2 is 1.63 bits per heavy atom. The van der Waals surface area contributed by atoms with Crippen LogP contribution in [0.5, 0.6) is 5.75 Å². The van der Waals surface area contributed by atoms with Crippen LogP contribution in [0.1, 0.15) is 43.7 Å². The summed E-state index contributed by atoms with van der Waals surface area (Å²) in [5, 5.41) is 3.86. The first-order valence-electron chi connectivity index (χ1n) is 13.9. The maximum atomic E-state index is 14.1. The molecule has 0 spiro atoms. The van der Waals surface area contributed by atoms with Gasteiger partial charge in [0, 0.05) is 12.6 Å². The number of sulfonamides is 1. The fraction of sp³-hybridized carbons (Fsp3) is 0.355. The van der Waals surface area contributed by atoms with Crippen LogP contribution in [0.2, 0.25) is 15.1 Å². The molecular weight excluding hydrogens is 633 g/mol. The number of nitrogens with zero attached hydrogens (tertiary/aromatic N) is 2. The highest BCUT2D eigenvalue weighted by atomic mass is 35.5. The Bertz CT molecular complexity index is 1580. The zero-order chi connectivity index (χ0) is 31.3. The van der Waals surface area contributed by atoms with Gasteiger partial charge in [-0.15, -0.1) is 0 Å². The molecule has 1 aliphatic carbocycles. The van der Waals surface area contributed by atoms with Crippen LogP contribution in [0.3, 0.4) is 0 Å². The van der Waals surface area contributed by atoms with Gasteiger partial charge in [0.25, 0.3) is 10.0 Å². The van der Waals surface area contributed by atoms with Crippen molar-refractivity contribution in [1.29, 1.82) is 0 Å². The third-order valence-corrected chi connectivity index (χ3v) is 10.3. The third kappa shape index (κ3) is 7.95. The minimum absolute atomic E-state index is 0.000832. The highest BCUT2D eigenvalue weighted by molar-refractivity contribution is 7.92. The molecule has 4 rings (SSSR count). The summed E-state index contributed by atoms with van der Waals surface area (Å²) in [4.78, 5) is 28.8. The molecule has 0 bridgehead atoms. The van der Waals surface area contributed by atoms with Gasteiger partial charge in [0.05, 0.1) is 32.8 Å². The highest BCUT2D eigenvalue weighted by Crippen LogP contribution is 2.32. The van der Waals surface area contributed by atoms with E-state index in [2.05, 4.69) is 5.32 Å². The normalized spacial score (nSPS) is 14.3. The molecule has 8 nitrogen and oxygen atoms in total. The lowest BCUT2D eigenvalue weighted by molar-refractivity contribution is -0.139. The minimum Gasteiger partial charge on any atom is -0.495 e. The zero-order valence-corrected chi connectivity index (χ0v) is 27.2. The van der Waals surface area contributed by atoms with Gasteiger partial charge in [-0.25, -0.2) is 8.42 Å². The number of carbonyl (C=O) groups excluding carboxylic acids is 2. The largest absolute Gasteiger partial charge is 0.495 e. The second-order valence-corrected chi connectivity index (χ2v) is 13.7. The molecule has 3 aromatic carbocycles. The summed E-state index contributed by atoms with van der Waals surface area (Å²) in [5.41, 5.74) is 1.67. The van der Waals surface area contributed by atoms with Gasteiger partial charge in [0.1, 0.15) is 18.3 Å². The molecule has 2 amide bonds. The fourth-order valence-corrected chi connectivity index (χ4v) is 6.96. The molecule has 0 saturated heterocycles. The number of carbonyl (C=O) groups is 2. The summed E-state index contributed by atoms with van der Waals surface area (Å²) >= 11 is 18.7. The molecule has 1 unspecified atom stereocenters. The predicted molar refractivity (Wildman–Crippen MR) is 171 cm³/mol. The molecule has 0 radical (unpaired) electrons. The Kier molecular flexibility index (Phi) is 10.9. The number of ether oxygens (including phenoxy) is 1. The van der Waals surface area contributed by atoms with Crippen molar-refractivity contribution in [2.75, 3.05) is 18.0 Å². The van der Waals surface area contributed by atoms with Crippen LogP contribution in [-0.4, -0.2) is 50.9 Å². The first-order valence-corrected chi connectivity index (χ1v) is 16.4. The van der Waals surface area contributed by atoms with Gasteiger partial charge in [-0.3, -0.25) is 13.9 Å². The van der Waals surface area contributed by atoms with Crippen LogP contribution in [0.15, 0.2) is 65.6 Å². The fourth-order valence-electron chi connectivity index (χ4n) is 4.99. The number of hydrogen-bond acceptors (Lipinski definition) is 5. The summed E-state index contributed by atoms with van der Waals surface area (Å²) in [5.74, 6) is -0.564. The van der Waals surface area contributed by atoms with E-state index in [4.69, 9.17) is 39.5 Å². The van der Waals surface area contributed by atoms with E-state index < -0.39 is 28.5 Å². The number of benzene rings is 3. The SMILES string of the molecule is COc1ccc(N(CC(=O)N(Cc2ccc(Cl)c(Cl)c2)C(C)C(=O)NC2CCCC2)S(=O)(=O)c2ccc(C)cc2)cc1Cl. The van der Waals surface area contributed by atoms with Gasteiger partial charge in [-0.2, -0.15) is 0 Å². The molecule has 1 atom stereocenters. The molecule has 230 valence electrons. The molecule has 0 aliphatic heterocycles. The second kappa shape index (κ2) is 14.2. The lowest BCUT2D eigenvalue weighted by atomic mass is 10.1. The number of halogens is 3.